The Morgan fingerprint density at radius 1 is 1.62 bits per heavy atom. The number of carbonyl (C=O) groups excluding carboxylic acids is 1. The molecule has 0 bridgehead atoms. The molecule has 0 spiro atoms. The maximum atomic E-state index is 12.0. The Kier molecular flexibility index (Phi) is 3.24. The normalized spacial score (nSPS) is 26.6. The van der Waals surface area contributed by atoms with Crippen LogP contribution in [0.4, 0.5) is 0 Å². The molecule has 1 amide bonds. The molecule has 2 heterocycles. The summed E-state index contributed by atoms with van der Waals surface area (Å²) < 4.78 is 0. The van der Waals surface area contributed by atoms with Gasteiger partial charge in [0.05, 0.1) is 12.0 Å². The van der Waals surface area contributed by atoms with Gasteiger partial charge in [-0.05, 0) is 19.4 Å². The van der Waals surface area contributed by atoms with Gasteiger partial charge < -0.3 is 15.6 Å². The zero-order valence-electron chi connectivity index (χ0n) is 9.66. The van der Waals surface area contributed by atoms with E-state index in [9.17, 15) is 4.79 Å². The van der Waals surface area contributed by atoms with E-state index in [-0.39, 0.29) is 17.9 Å². The lowest BCUT2D eigenvalue weighted by Gasteiger charge is -2.17. The largest absolute Gasteiger partial charge is 0.347 e. The zero-order valence-corrected chi connectivity index (χ0v) is 9.66. The van der Waals surface area contributed by atoms with Gasteiger partial charge in [0.15, 0.2) is 0 Å². The third kappa shape index (κ3) is 2.24. The number of nitrogens with one attached hydrogen (secondary N) is 3. The number of hydrogen-bond acceptors (Lipinski definition) is 3. The molecule has 5 heteroatoms. The SMILES string of the molecule is CC(NC(=O)C1CNCC1C)c1ncc[nH]1. The van der Waals surface area contributed by atoms with Crippen LogP contribution in [0.5, 0.6) is 0 Å². The summed E-state index contributed by atoms with van der Waals surface area (Å²) in [6.07, 6.45) is 3.45. The van der Waals surface area contributed by atoms with Crippen LogP contribution in [0.3, 0.4) is 0 Å². The quantitative estimate of drug-likeness (QED) is 0.695. The minimum Gasteiger partial charge on any atom is -0.347 e. The second-order valence-corrected chi connectivity index (χ2v) is 4.45. The van der Waals surface area contributed by atoms with Crippen molar-refractivity contribution in [2.24, 2.45) is 11.8 Å². The van der Waals surface area contributed by atoms with E-state index in [2.05, 4.69) is 27.5 Å². The fraction of sp³-hybridized carbons (Fsp3) is 0.636. The van der Waals surface area contributed by atoms with Gasteiger partial charge in [-0.2, -0.15) is 0 Å². The lowest BCUT2D eigenvalue weighted by molar-refractivity contribution is -0.126. The maximum Gasteiger partial charge on any atom is 0.225 e. The van der Waals surface area contributed by atoms with Gasteiger partial charge in [0.2, 0.25) is 5.91 Å². The number of hydrogen-bond donors (Lipinski definition) is 3. The number of H-pyrrole nitrogens is 1. The van der Waals surface area contributed by atoms with E-state index in [0.717, 1.165) is 18.9 Å². The summed E-state index contributed by atoms with van der Waals surface area (Å²) in [5.74, 6) is 1.40. The molecule has 0 aliphatic carbocycles. The molecule has 3 unspecified atom stereocenters. The van der Waals surface area contributed by atoms with Crippen LogP contribution in [-0.4, -0.2) is 29.0 Å². The van der Waals surface area contributed by atoms with Gasteiger partial charge in [0, 0.05) is 18.9 Å². The molecular formula is C11H18N4O. The third-order valence-corrected chi connectivity index (χ3v) is 3.14. The summed E-state index contributed by atoms with van der Waals surface area (Å²) in [7, 11) is 0. The van der Waals surface area contributed by atoms with E-state index in [4.69, 9.17) is 0 Å². The van der Waals surface area contributed by atoms with Crippen molar-refractivity contribution in [3.63, 3.8) is 0 Å². The van der Waals surface area contributed by atoms with E-state index in [1.165, 1.54) is 0 Å². The van der Waals surface area contributed by atoms with Crippen LogP contribution in [0.1, 0.15) is 25.7 Å². The number of rotatable bonds is 3. The fourth-order valence-electron chi connectivity index (χ4n) is 2.06. The molecule has 3 atom stereocenters. The van der Waals surface area contributed by atoms with Gasteiger partial charge in [0.25, 0.3) is 0 Å². The maximum absolute atomic E-state index is 12.0. The van der Waals surface area contributed by atoms with Crippen LogP contribution in [0.2, 0.25) is 0 Å². The van der Waals surface area contributed by atoms with Gasteiger partial charge in [-0.3, -0.25) is 4.79 Å². The first-order chi connectivity index (χ1) is 7.68. The number of aromatic nitrogens is 2. The lowest BCUT2D eigenvalue weighted by atomic mass is 9.97. The van der Waals surface area contributed by atoms with Crippen LogP contribution < -0.4 is 10.6 Å². The predicted octanol–water partition coefficient (Wildman–Crippen LogP) is 0.442. The average Bonchev–Trinajstić information content (AvgIpc) is 2.86. The molecule has 0 aromatic carbocycles. The summed E-state index contributed by atoms with van der Waals surface area (Å²) in [6, 6.07) is -0.0599. The van der Waals surface area contributed by atoms with Gasteiger partial charge in [0.1, 0.15) is 5.82 Å². The number of carbonyl (C=O) groups is 1. The molecule has 2 rings (SSSR count). The van der Waals surface area contributed by atoms with Crippen molar-refractivity contribution in [3.8, 4) is 0 Å². The standard InChI is InChI=1S/C11H18N4O/c1-7-5-12-6-9(7)11(16)15-8(2)10-13-3-4-14-10/h3-4,7-9,12H,5-6H2,1-2H3,(H,13,14)(H,15,16). The van der Waals surface area contributed by atoms with Gasteiger partial charge in [-0.25, -0.2) is 4.98 Å². The molecule has 1 aliphatic heterocycles. The Bertz CT molecular complexity index is 349. The second kappa shape index (κ2) is 4.65. The smallest absolute Gasteiger partial charge is 0.225 e. The summed E-state index contributed by atoms with van der Waals surface area (Å²) in [5.41, 5.74) is 0. The fourth-order valence-corrected chi connectivity index (χ4v) is 2.06. The Morgan fingerprint density at radius 3 is 3.00 bits per heavy atom. The highest BCUT2D eigenvalue weighted by molar-refractivity contribution is 5.79. The zero-order chi connectivity index (χ0) is 11.5. The molecule has 3 N–H and O–H groups in total. The minimum atomic E-state index is -0.0599. The number of nitrogens with zero attached hydrogens (tertiary/aromatic N) is 1. The van der Waals surface area contributed by atoms with Crippen molar-refractivity contribution in [1.82, 2.24) is 20.6 Å². The predicted molar refractivity (Wildman–Crippen MR) is 60.7 cm³/mol. The second-order valence-electron chi connectivity index (χ2n) is 4.45. The molecule has 5 nitrogen and oxygen atoms in total. The first-order valence-electron chi connectivity index (χ1n) is 5.69. The van der Waals surface area contributed by atoms with Crippen LogP contribution in [-0.2, 0) is 4.79 Å². The van der Waals surface area contributed by atoms with Crippen molar-refractivity contribution < 1.29 is 4.79 Å². The van der Waals surface area contributed by atoms with E-state index < -0.39 is 0 Å². The lowest BCUT2D eigenvalue weighted by Crippen LogP contribution is -2.36. The van der Waals surface area contributed by atoms with Crippen molar-refractivity contribution in [2.45, 2.75) is 19.9 Å². The molecule has 1 aromatic rings. The van der Waals surface area contributed by atoms with E-state index in [0.29, 0.717) is 5.92 Å². The van der Waals surface area contributed by atoms with Crippen molar-refractivity contribution in [1.29, 1.82) is 0 Å². The highest BCUT2D eigenvalue weighted by Gasteiger charge is 2.30. The Labute approximate surface area is 95.0 Å². The van der Waals surface area contributed by atoms with Gasteiger partial charge in [-0.1, -0.05) is 6.92 Å². The summed E-state index contributed by atoms with van der Waals surface area (Å²) in [4.78, 5) is 19.1. The van der Waals surface area contributed by atoms with Gasteiger partial charge >= 0.3 is 0 Å². The van der Waals surface area contributed by atoms with Crippen LogP contribution in [0, 0.1) is 11.8 Å². The number of amides is 1. The molecule has 0 radical (unpaired) electrons. The topological polar surface area (TPSA) is 69.8 Å². The number of imidazole rings is 1. The number of aromatic amines is 1. The van der Waals surface area contributed by atoms with Crippen LogP contribution in [0.15, 0.2) is 12.4 Å². The van der Waals surface area contributed by atoms with E-state index >= 15 is 0 Å². The average molecular weight is 222 g/mol. The van der Waals surface area contributed by atoms with E-state index in [1.54, 1.807) is 12.4 Å². The summed E-state index contributed by atoms with van der Waals surface area (Å²) in [6.45, 7) is 5.73. The van der Waals surface area contributed by atoms with Crippen molar-refractivity contribution >= 4 is 5.91 Å². The van der Waals surface area contributed by atoms with Gasteiger partial charge in [-0.15, -0.1) is 0 Å². The molecule has 16 heavy (non-hydrogen) atoms. The molecular weight excluding hydrogens is 204 g/mol. The van der Waals surface area contributed by atoms with Crippen LogP contribution >= 0.6 is 0 Å². The monoisotopic (exact) mass is 222 g/mol. The molecule has 88 valence electrons. The first-order valence-corrected chi connectivity index (χ1v) is 5.69. The third-order valence-electron chi connectivity index (χ3n) is 3.14. The Balaban J connectivity index is 1.92. The summed E-state index contributed by atoms with van der Waals surface area (Å²) in [5, 5.41) is 6.21. The highest BCUT2D eigenvalue weighted by Crippen LogP contribution is 2.17. The minimum absolute atomic E-state index is 0.0599. The first kappa shape index (κ1) is 11.1. The highest BCUT2D eigenvalue weighted by atomic mass is 16.2. The van der Waals surface area contributed by atoms with Crippen molar-refractivity contribution in [3.05, 3.63) is 18.2 Å². The molecule has 1 fully saturated rings. The van der Waals surface area contributed by atoms with Crippen LogP contribution in [0.25, 0.3) is 0 Å². The van der Waals surface area contributed by atoms with Crippen molar-refractivity contribution in [2.75, 3.05) is 13.1 Å². The molecule has 0 saturated carbocycles. The molecule has 1 saturated heterocycles. The van der Waals surface area contributed by atoms with E-state index in [1.807, 2.05) is 6.92 Å². The summed E-state index contributed by atoms with van der Waals surface area (Å²) >= 11 is 0. The molecule has 1 aliphatic rings. The Hall–Kier alpha value is -1.36. The Morgan fingerprint density at radius 2 is 2.44 bits per heavy atom. The molecule has 1 aromatic heterocycles.